The van der Waals surface area contributed by atoms with Crippen LogP contribution in [0.2, 0.25) is 0 Å². The van der Waals surface area contributed by atoms with Gasteiger partial charge in [0.1, 0.15) is 6.33 Å². The Morgan fingerprint density at radius 2 is 1.94 bits per heavy atom. The van der Waals surface area contributed by atoms with Gasteiger partial charge in [0, 0.05) is 18.9 Å². The summed E-state index contributed by atoms with van der Waals surface area (Å²) in [4.78, 5) is 7.67. The summed E-state index contributed by atoms with van der Waals surface area (Å²) in [5, 5.41) is 12.2. The minimum atomic E-state index is -3.88. The summed E-state index contributed by atoms with van der Waals surface area (Å²) in [5.41, 5.74) is 0.580. The van der Waals surface area contributed by atoms with E-state index < -0.39 is 10.0 Å². The van der Waals surface area contributed by atoms with Gasteiger partial charge in [-0.1, -0.05) is 0 Å². The molecule has 0 amide bonds. The number of nitrogens with zero attached hydrogens (tertiary/aromatic N) is 5. The maximum Gasteiger partial charge on any atom is 0.273 e. The lowest BCUT2D eigenvalue weighted by molar-refractivity contribution is 0.571. The fraction of sp³-hybridized carbons (Fsp3) is 0.250. The predicted octanol–water partition coefficient (Wildman–Crippen LogP) is -0.598. The van der Waals surface area contributed by atoms with Crippen molar-refractivity contribution >= 4 is 10.0 Å². The highest BCUT2D eigenvalue weighted by Gasteiger charge is 2.20. The largest absolute Gasteiger partial charge is 0.297 e. The van der Waals surface area contributed by atoms with E-state index in [4.69, 9.17) is 5.14 Å². The van der Waals surface area contributed by atoms with Gasteiger partial charge in [0.25, 0.3) is 15.2 Å². The monoisotopic (exact) mass is 254 g/mol. The molecule has 17 heavy (non-hydrogen) atoms. The molecule has 8 nitrogen and oxygen atoms in total. The van der Waals surface area contributed by atoms with Crippen molar-refractivity contribution in [1.29, 1.82) is 0 Å². The summed E-state index contributed by atoms with van der Waals surface area (Å²) >= 11 is 0. The maximum atomic E-state index is 11.3. The van der Waals surface area contributed by atoms with Gasteiger partial charge in [-0.15, -0.1) is 10.2 Å². The number of hydrogen-bond acceptors (Lipinski definition) is 6. The Balaban J connectivity index is 2.62. The van der Waals surface area contributed by atoms with Crippen LogP contribution < -0.4 is 5.14 Å². The highest BCUT2D eigenvalue weighted by Crippen LogP contribution is 2.17. The number of sulfonamides is 1. The number of primary sulfonamides is 1. The molecular weight excluding hydrogens is 244 g/mol. The van der Waals surface area contributed by atoms with Gasteiger partial charge in [-0.2, -0.15) is 0 Å². The number of hydrogen-bond donors (Lipinski definition) is 1. The normalized spacial score (nSPS) is 11.6. The first kappa shape index (κ1) is 11.6. The standard InChI is InChI=1S/C8H10N6O2S/c1-2-14-7(6-3-10-5-11-4-6)12-13-8(14)17(9,15)16/h3-5H,2H2,1H3,(H2,9,15,16). The first-order valence-corrected chi connectivity index (χ1v) is 6.30. The number of aromatic nitrogens is 5. The molecule has 0 aromatic carbocycles. The maximum absolute atomic E-state index is 11.3. The molecule has 0 fully saturated rings. The van der Waals surface area contributed by atoms with E-state index in [0.29, 0.717) is 17.9 Å². The van der Waals surface area contributed by atoms with Crippen molar-refractivity contribution in [2.45, 2.75) is 18.6 Å². The molecule has 0 aliphatic heterocycles. The van der Waals surface area contributed by atoms with Gasteiger partial charge in [-0.25, -0.2) is 23.5 Å². The Bertz CT molecular complexity index is 621. The first-order chi connectivity index (χ1) is 8.04. The zero-order valence-corrected chi connectivity index (χ0v) is 9.79. The van der Waals surface area contributed by atoms with Gasteiger partial charge in [0.2, 0.25) is 0 Å². The van der Waals surface area contributed by atoms with E-state index in [9.17, 15) is 8.42 Å². The van der Waals surface area contributed by atoms with E-state index in [1.165, 1.54) is 23.3 Å². The van der Waals surface area contributed by atoms with Crippen LogP contribution in [0.4, 0.5) is 0 Å². The van der Waals surface area contributed by atoms with Crippen LogP contribution in [0.25, 0.3) is 11.4 Å². The predicted molar refractivity (Wildman–Crippen MR) is 58.1 cm³/mol. The molecule has 0 radical (unpaired) electrons. The molecule has 90 valence electrons. The fourth-order valence-corrected chi connectivity index (χ4v) is 2.09. The van der Waals surface area contributed by atoms with E-state index in [2.05, 4.69) is 20.2 Å². The van der Waals surface area contributed by atoms with E-state index in [1.54, 1.807) is 6.92 Å². The quantitative estimate of drug-likeness (QED) is 0.781. The Labute approximate surface area is 97.6 Å². The van der Waals surface area contributed by atoms with Gasteiger partial charge in [0.15, 0.2) is 5.82 Å². The molecule has 2 aromatic heterocycles. The molecule has 9 heteroatoms. The fourth-order valence-electron chi connectivity index (χ4n) is 1.41. The second-order valence-corrected chi connectivity index (χ2v) is 4.68. The third kappa shape index (κ3) is 2.15. The Hall–Kier alpha value is -1.87. The van der Waals surface area contributed by atoms with Crippen LogP contribution in [0, 0.1) is 0 Å². The zero-order valence-electron chi connectivity index (χ0n) is 8.98. The molecule has 0 saturated carbocycles. The van der Waals surface area contributed by atoms with Crippen LogP contribution in [-0.4, -0.2) is 33.2 Å². The smallest absolute Gasteiger partial charge is 0.273 e. The molecular formula is C8H10N6O2S. The van der Waals surface area contributed by atoms with Gasteiger partial charge in [-0.3, -0.25) is 4.57 Å². The van der Waals surface area contributed by atoms with Gasteiger partial charge >= 0.3 is 0 Å². The molecule has 0 bridgehead atoms. The van der Waals surface area contributed by atoms with Crippen molar-refractivity contribution in [3.63, 3.8) is 0 Å². The van der Waals surface area contributed by atoms with Crippen molar-refractivity contribution in [1.82, 2.24) is 24.7 Å². The number of rotatable bonds is 3. The van der Waals surface area contributed by atoms with Crippen LogP contribution >= 0.6 is 0 Å². The lowest BCUT2D eigenvalue weighted by Gasteiger charge is -2.04. The van der Waals surface area contributed by atoms with Crippen molar-refractivity contribution < 1.29 is 8.42 Å². The van der Waals surface area contributed by atoms with Gasteiger partial charge in [0.05, 0.1) is 5.56 Å². The van der Waals surface area contributed by atoms with Crippen LogP contribution in [0.15, 0.2) is 23.9 Å². The van der Waals surface area contributed by atoms with E-state index in [1.807, 2.05) is 0 Å². The van der Waals surface area contributed by atoms with Crippen LogP contribution in [0.1, 0.15) is 6.92 Å². The molecule has 2 N–H and O–H groups in total. The third-order valence-corrected chi connectivity index (χ3v) is 2.92. The Kier molecular flexibility index (Phi) is 2.86. The topological polar surface area (TPSA) is 117 Å². The van der Waals surface area contributed by atoms with Crippen molar-refractivity contribution in [3.05, 3.63) is 18.7 Å². The average molecular weight is 254 g/mol. The van der Waals surface area contributed by atoms with Crippen LogP contribution in [0.3, 0.4) is 0 Å². The van der Waals surface area contributed by atoms with E-state index in [-0.39, 0.29) is 5.16 Å². The third-order valence-electron chi connectivity index (χ3n) is 2.11. The molecule has 0 aliphatic rings. The highest BCUT2D eigenvalue weighted by atomic mass is 32.2. The first-order valence-electron chi connectivity index (χ1n) is 4.75. The van der Waals surface area contributed by atoms with E-state index >= 15 is 0 Å². The van der Waals surface area contributed by atoms with Gasteiger partial charge in [-0.05, 0) is 6.92 Å². The van der Waals surface area contributed by atoms with Crippen LogP contribution in [0.5, 0.6) is 0 Å². The lowest BCUT2D eigenvalue weighted by Crippen LogP contribution is -2.18. The second kappa shape index (κ2) is 4.18. The van der Waals surface area contributed by atoms with Crippen molar-refractivity contribution in [3.8, 4) is 11.4 Å². The zero-order chi connectivity index (χ0) is 12.5. The summed E-state index contributed by atoms with van der Waals surface area (Å²) in [6.07, 6.45) is 4.42. The second-order valence-electron chi connectivity index (χ2n) is 3.22. The minimum absolute atomic E-state index is 0.265. The summed E-state index contributed by atoms with van der Waals surface area (Å²) in [7, 11) is -3.88. The Morgan fingerprint density at radius 3 is 2.47 bits per heavy atom. The van der Waals surface area contributed by atoms with E-state index in [0.717, 1.165) is 0 Å². The van der Waals surface area contributed by atoms with Crippen LogP contribution in [-0.2, 0) is 16.6 Å². The summed E-state index contributed by atoms with van der Waals surface area (Å²) in [6.45, 7) is 2.15. The minimum Gasteiger partial charge on any atom is -0.297 e. The Morgan fingerprint density at radius 1 is 1.29 bits per heavy atom. The SMILES string of the molecule is CCn1c(-c2cncnc2)nnc1S(N)(=O)=O. The summed E-state index contributed by atoms with van der Waals surface area (Å²) < 4.78 is 24.0. The molecule has 2 rings (SSSR count). The average Bonchev–Trinajstić information content (AvgIpc) is 2.73. The lowest BCUT2D eigenvalue weighted by atomic mass is 10.3. The molecule has 0 spiro atoms. The van der Waals surface area contributed by atoms with Crippen molar-refractivity contribution in [2.75, 3.05) is 0 Å². The van der Waals surface area contributed by atoms with Gasteiger partial charge < -0.3 is 0 Å². The molecule has 0 aliphatic carbocycles. The number of nitrogens with two attached hydrogens (primary N) is 1. The molecule has 2 heterocycles. The summed E-state index contributed by atoms with van der Waals surface area (Å²) in [5.74, 6) is 0.372. The van der Waals surface area contributed by atoms with Crippen molar-refractivity contribution in [2.24, 2.45) is 5.14 Å². The molecule has 0 unspecified atom stereocenters. The molecule has 2 aromatic rings. The molecule has 0 saturated heterocycles. The summed E-state index contributed by atoms with van der Waals surface area (Å²) in [6, 6.07) is 0. The molecule has 0 atom stereocenters. The highest BCUT2D eigenvalue weighted by molar-refractivity contribution is 7.89.